The quantitative estimate of drug-likeness (QED) is 0.582. The van der Waals surface area contributed by atoms with Gasteiger partial charge in [0, 0.05) is 12.2 Å². The highest BCUT2D eigenvalue weighted by Gasteiger charge is 2.27. The summed E-state index contributed by atoms with van der Waals surface area (Å²) in [6, 6.07) is 6.89. The fraction of sp³-hybridized carbons (Fsp3) is 0.545. The van der Waals surface area contributed by atoms with Crippen LogP contribution < -0.4 is 10.1 Å². The second kappa shape index (κ2) is 10.8. The number of carboxylic acids is 1. The molecule has 10 heteroatoms. The summed E-state index contributed by atoms with van der Waals surface area (Å²) < 4.78 is 17.1. The molecule has 2 N–H and O–H groups in total. The van der Waals surface area contributed by atoms with Crippen molar-refractivity contribution in [3.8, 4) is 5.75 Å². The molecule has 0 radical (unpaired) electrons. The predicted octanol–water partition coefficient (Wildman–Crippen LogP) is 3.51. The van der Waals surface area contributed by atoms with E-state index in [0.29, 0.717) is 47.5 Å². The molecular weight excluding hydrogens is 434 g/mol. The number of aliphatic carboxylic acids is 1. The molecule has 9 nitrogen and oxygen atoms in total. The number of hydrogen-bond acceptors (Lipinski definition) is 8. The van der Waals surface area contributed by atoms with E-state index < -0.39 is 5.97 Å². The van der Waals surface area contributed by atoms with E-state index in [-0.39, 0.29) is 24.0 Å². The smallest absolute Gasteiger partial charge is 0.306 e. The summed E-state index contributed by atoms with van der Waals surface area (Å²) in [4.78, 5) is 23.5. The van der Waals surface area contributed by atoms with Crippen LogP contribution in [0.25, 0.3) is 0 Å². The Balaban J connectivity index is 1.22. The van der Waals surface area contributed by atoms with Crippen LogP contribution in [0.3, 0.4) is 0 Å². The molecule has 2 aliphatic rings. The van der Waals surface area contributed by atoms with Gasteiger partial charge in [0.05, 0.1) is 24.7 Å². The molecule has 1 amide bonds. The zero-order valence-electron chi connectivity index (χ0n) is 17.7. The minimum Gasteiger partial charge on any atom is -0.490 e. The van der Waals surface area contributed by atoms with Crippen molar-refractivity contribution in [2.45, 2.75) is 57.3 Å². The highest BCUT2D eigenvalue weighted by molar-refractivity contribution is 7.15. The summed E-state index contributed by atoms with van der Waals surface area (Å²) in [7, 11) is 0. The number of carboxylic acid groups (broad SMARTS) is 1. The van der Waals surface area contributed by atoms with Crippen LogP contribution in [-0.4, -0.2) is 52.6 Å². The first-order valence-electron chi connectivity index (χ1n) is 10.9. The monoisotopic (exact) mass is 461 g/mol. The fourth-order valence-corrected chi connectivity index (χ4v) is 4.56. The van der Waals surface area contributed by atoms with E-state index in [1.807, 2.05) is 0 Å². The number of rotatable bonds is 9. The van der Waals surface area contributed by atoms with Crippen molar-refractivity contribution in [1.82, 2.24) is 10.2 Å². The molecule has 1 aliphatic heterocycles. The van der Waals surface area contributed by atoms with E-state index in [1.54, 1.807) is 24.3 Å². The molecule has 0 spiro atoms. The minimum absolute atomic E-state index is 0.00698. The molecule has 1 aromatic carbocycles. The first-order chi connectivity index (χ1) is 15.6. The standard InChI is InChI=1S/C22H27N3O6S/c26-20(23-22-25-24-19(32-22)13-29-12-18-2-1-11-30-18)14-3-7-16(8-4-14)31-17-9-5-15(6-10-17)21(27)28/h3-4,7-8,15,17-18H,1-2,5-6,9-13H2,(H,27,28)(H,23,25,26)/t15-,17-,18?. The van der Waals surface area contributed by atoms with Gasteiger partial charge in [0.25, 0.3) is 5.91 Å². The van der Waals surface area contributed by atoms with Crippen molar-refractivity contribution < 1.29 is 28.9 Å². The summed E-state index contributed by atoms with van der Waals surface area (Å²) in [6.45, 7) is 1.68. The minimum atomic E-state index is -0.729. The van der Waals surface area contributed by atoms with Crippen LogP contribution in [0, 0.1) is 5.92 Å². The number of benzene rings is 1. The fourth-order valence-electron chi connectivity index (χ4n) is 3.89. The Hall–Kier alpha value is -2.56. The lowest BCUT2D eigenvalue weighted by molar-refractivity contribution is -0.143. The first kappa shape index (κ1) is 22.6. The molecular formula is C22H27N3O6S. The number of anilines is 1. The number of ether oxygens (including phenoxy) is 3. The van der Waals surface area contributed by atoms with E-state index in [9.17, 15) is 9.59 Å². The van der Waals surface area contributed by atoms with Crippen LogP contribution in [0.4, 0.5) is 5.13 Å². The average molecular weight is 462 g/mol. The zero-order chi connectivity index (χ0) is 22.3. The van der Waals surface area contributed by atoms with Gasteiger partial charge in [-0.3, -0.25) is 14.9 Å². The maximum atomic E-state index is 12.5. The Morgan fingerprint density at radius 1 is 1.12 bits per heavy atom. The number of amides is 1. The molecule has 1 atom stereocenters. The van der Waals surface area contributed by atoms with Crippen LogP contribution in [0.1, 0.15) is 53.9 Å². The average Bonchev–Trinajstić information content (AvgIpc) is 3.47. The first-order valence-corrected chi connectivity index (χ1v) is 11.7. The van der Waals surface area contributed by atoms with Gasteiger partial charge in [-0.2, -0.15) is 0 Å². The van der Waals surface area contributed by atoms with Crippen LogP contribution in [0.15, 0.2) is 24.3 Å². The number of hydrogen-bond donors (Lipinski definition) is 2. The van der Waals surface area contributed by atoms with Gasteiger partial charge in [-0.25, -0.2) is 0 Å². The Morgan fingerprint density at radius 3 is 2.59 bits per heavy atom. The summed E-state index contributed by atoms with van der Waals surface area (Å²) in [5, 5.41) is 21.0. The van der Waals surface area contributed by atoms with Crippen molar-refractivity contribution in [3.63, 3.8) is 0 Å². The molecule has 1 unspecified atom stereocenters. The summed E-state index contributed by atoms with van der Waals surface area (Å²) in [5.41, 5.74) is 0.485. The highest BCUT2D eigenvalue weighted by Crippen LogP contribution is 2.28. The Morgan fingerprint density at radius 2 is 1.91 bits per heavy atom. The number of aromatic nitrogens is 2. The number of carbonyl (C=O) groups excluding carboxylic acids is 1. The van der Waals surface area contributed by atoms with Gasteiger partial charge in [0.2, 0.25) is 5.13 Å². The van der Waals surface area contributed by atoms with Gasteiger partial charge in [-0.15, -0.1) is 10.2 Å². The zero-order valence-corrected chi connectivity index (χ0v) is 18.5. The Bertz CT molecular complexity index is 905. The lowest BCUT2D eigenvalue weighted by atomic mass is 9.87. The van der Waals surface area contributed by atoms with Gasteiger partial charge in [-0.1, -0.05) is 11.3 Å². The molecule has 4 rings (SSSR count). The van der Waals surface area contributed by atoms with Crippen molar-refractivity contribution >= 4 is 28.3 Å². The van der Waals surface area contributed by atoms with Gasteiger partial charge in [0.1, 0.15) is 17.4 Å². The number of carbonyl (C=O) groups is 2. The van der Waals surface area contributed by atoms with Crippen molar-refractivity contribution in [2.24, 2.45) is 5.92 Å². The lowest BCUT2D eigenvalue weighted by Crippen LogP contribution is -2.27. The molecule has 1 aliphatic carbocycles. The molecule has 2 fully saturated rings. The molecule has 2 aromatic rings. The normalized spacial score (nSPS) is 23.1. The topological polar surface area (TPSA) is 120 Å². The number of nitrogens with one attached hydrogen (secondary N) is 1. The molecule has 172 valence electrons. The molecule has 1 aromatic heterocycles. The third kappa shape index (κ3) is 6.24. The maximum absolute atomic E-state index is 12.5. The predicted molar refractivity (Wildman–Crippen MR) is 117 cm³/mol. The van der Waals surface area contributed by atoms with Gasteiger partial charge >= 0.3 is 5.97 Å². The Kier molecular flexibility index (Phi) is 7.67. The van der Waals surface area contributed by atoms with E-state index in [2.05, 4.69) is 15.5 Å². The SMILES string of the molecule is O=C(Nc1nnc(COCC2CCCO2)s1)c1ccc(O[C@H]2CC[C@H](C(=O)O)CC2)cc1. The van der Waals surface area contributed by atoms with Crippen molar-refractivity contribution in [1.29, 1.82) is 0 Å². The second-order valence-electron chi connectivity index (χ2n) is 8.06. The molecule has 2 heterocycles. The summed E-state index contributed by atoms with van der Waals surface area (Å²) in [5.74, 6) is -0.606. The third-order valence-corrected chi connectivity index (χ3v) is 6.50. The molecule has 32 heavy (non-hydrogen) atoms. The molecule has 1 saturated carbocycles. The van der Waals surface area contributed by atoms with Crippen molar-refractivity contribution in [3.05, 3.63) is 34.8 Å². The van der Waals surface area contributed by atoms with Crippen molar-refractivity contribution in [2.75, 3.05) is 18.5 Å². The third-order valence-electron chi connectivity index (χ3n) is 5.68. The second-order valence-corrected chi connectivity index (χ2v) is 9.12. The molecule has 0 bridgehead atoms. The lowest BCUT2D eigenvalue weighted by Gasteiger charge is -2.26. The highest BCUT2D eigenvalue weighted by atomic mass is 32.1. The van der Waals surface area contributed by atoms with E-state index in [0.717, 1.165) is 32.3 Å². The van der Waals surface area contributed by atoms with Crippen LogP contribution >= 0.6 is 11.3 Å². The molecule has 1 saturated heterocycles. The van der Waals surface area contributed by atoms with E-state index in [4.69, 9.17) is 19.3 Å². The van der Waals surface area contributed by atoms with Crippen LogP contribution in [0.5, 0.6) is 5.75 Å². The maximum Gasteiger partial charge on any atom is 0.306 e. The van der Waals surface area contributed by atoms with E-state index in [1.165, 1.54) is 11.3 Å². The van der Waals surface area contributed by atoms with E-state index >= 15 is 0 Å². The van der Waals surface area contributed by atoms with Crippen LogP contribution in [0.2, 0.25) is 0 Å². The van der Waals surface area contributed by atoms with Gasteiger partial charge in [-0.05, 0) is 62.8 Å². The van der Waals surface area contributed by atoms with Gasteiger partial charge in [0.15, 0.2) is 0 Å². The summed E-state index contributed by atoms with van der Waals surface area (Å²) >= 11 is 1.28. The summed E-state index contributed by atoms with van der Waals surface area (Å²) in [6.07, 6.45) is 4.96. The van der Waals surface area contributed by atoms with Gasteiger partial charge < -0.3 is 19.3 Å². The largest absolute Gasteiger partial charge is 0.490 e. The van der Waals surface area contributed by atoms with Crippen LogP contribution in [-0.2, 0) is 20.9 Å². The Labute approximate surface area is 190 Å². The number of nitrogens with zero attached hydrogens (tertiary/aromatic N) is 2.